The SMILES string of the molecule is CN1CCCC1CN(C)S(=O)(=O)CCl. The van der Waals surface area contributed by atoms with Gasteiger partial charge in [-0.3, -0.25) is 0 Å². The summed E-state index contributed by atoms with van der Waals surface area (Å²) in [6, 6.07) is 0.345. The summed E-state index contributed by atoms with van der Waals surface area (Å²) in [5, 5.41) is -0.333. The molecule has 0 aromatic carbocycles. The Hall–Kier alpha value is 0.160. The summed E-state index contributed by atoms with van der Waals surface area (Å²) in [7, 11) is 0.377. The molecule has 0 amide bonds. The third kappa shape index (κ3) is 2.82. The molecule has 0 aromatic heterocycles. The molecule has 0 aliphatic carbocycles. The van der Waals surface area contributed by atoms with Crippen molar-refractivity contribution in [2.75, 3.05) is 32.4 Å². The summed E-state index contributed by atoms with van der Waals surface area (Å²) in [6.07, 6.45) is 2.22. The Balaban J connectivity index is 2.52. The average Bonchev–Trinajstić information content (AvgIpc) is 2.52. The van der Waals surface area contributed by atoms with Gasteiger partial charge >= 0.3 is 0 Å². The van der Waals surface area contributed by atoms with Crippen molar-refractivity contribution < 1.29 is 8.42 Å². The molecule has 0 N–H and O–H groups in total. The Morgan fingerprint density at radius 1 is 1.57 bits per heavy atom. The molecule has 6 heteroatoms. The maximum Gasteiger partial charge on any atom is 0.227 e. The van der Waals surface area contributed by atoms with E-state index in [0.717, 1.165) is 19.4 Å². The third-order valence-electron chi connectivity index (χ3n) is 2.75. The second-order valence-corrected chi connectivity index (χ2v) is 6.44. The number of likely N-dealkylation sites (tertiary alicyclic amines) is 1. The van der Waals surface area contributed by atoms with E-state index in [1.54, 1.807) is 7.05 Å². The van der Waals surface area contributed by atoms with Crippen molar-refractivity contribution in [1.29, 1.82) is 0 Å². The minimum absolute atomic E-state index is 0.333. The van der Waals surface area contributed by atoms with Crippen LogP contribution in [0.5, 0.6) is 0 Å². The van der Waals surface area contributed by atoms with Crippen LogP contribution in [0.3, 0.4) is 0 Å². The second-order valence-electron chi connectivity index (χ2n) is 3.78. The largest absolute Gasteiger partial charge is 0.302 e. The van der Waals surface area contributed by atoms with Gasteiger partial charge in [-0.25, -0.2) is 12.7 Å². The Morgan fingerprint density at radius 3 is 2.64 bits per heavy atom. The van der Waals surface area contributed by atoms with Crippen LogP contribution in [-0.4, -0.2) is 56.1 Å². The summed E-state index contributed by atoms with van der Waals surface area (Å²) in [5.41, 5.74) is 0. The lowest BCUT2D eigenvalue weighted by Crippen LogP contribution is -2.39. The maximum atomic E-state index is 11.4. The van der Waals surface area contributed by atoms with Crippen molar-refractivity contribution in [2.45, 2.75) is 18.9 Å². The van der Waals surface area contributed by atoms with Crippen molar-refractivity contribution in [3.8, 4) is 0 Å². The number of halogens is 1. The zero-order valence-electron chi connectivity index (χ0n) is 8.61. The molecule has 1 aliphatic heterocycles. The van der Waals surface area contributed by atoms with Gasteiger partial charge in [-0.2, -0.15) is 0 Å². The minimum Gasteiger partial charge on any atom is -0.302 e. The van der Waals surface area contributed by atoms with E-state index in [1.165, 1.54) is 4.31 Å². The number of alkyl halides is 1. The molecule has 0 radical (unpaired) electrons. The molecule has 0 saturated carbocycles. The first-order valence-corrected chi connectivity index (χ1v) is 6.82. The van der Waals surface area contributed by atoms with Crippen LogP contribution in [0.2, 0.25) is 0 Å². The zero-order chi connectivity index (χ0) is 10.8. The standard InChI is InChI=1S/C8H17ClN2O2S/c1-10-5-3-4-8(10)6-11(2)14(12,13)7-9/h8H,3-7H2,1-2H3. The van der Waals surface area contributed by atoms with Gasteiger partial charge in [-0.15, -0.1) is 11.6 Å². The Morgan fingerprint density at radius 2 is 2.21 bits per heavy atom. The quantitative estimate of drug-likeness (QED) is 0.674. The molecule has 1 saturated heterocycles. The zero-order valence-corrected chi connectivity index (χ0v) is 10.2. The van der Waals surface area contributed by atoms with Gasteiger partial charge < -0.3 is 4.90 Å². The second kappa shape index (κ2) is 4.79. The monoisotopic (exact) mass is 240 g/mol. The molecular weight excluding hydrogens is 224 g/mol. The molecule has 84 valence electrons. The highest BCUT2D eigenvalue weighted by atomic mass is 35.5. The highest BCUT2D eigenvalue weighted by Crippen LogP contribution is 2.16. The minimum atomic E-state index is -3.24. The Labute approximate surface area is 90.9 Å². The number of hydrogen-bond acceptors (Lipinski definition) is 3. The van der Waals surface area contributed by atoms with Gasteiger partial charge in [0, 0.05) is 19.6 Å². The van der Waals surface area contributed by atoms with E-state index in [4.69, 9.17) is 11.6 Å². The van der Waals surface area contributed by atoms with Crippen molar-refractivity contribution >= 4 is 21.6 Å². The van der Waals surface area contributed by atoms with E-state index >= 15 is 0 Å². The van der Waals surface area contributed by atoms with Gasteiger partial charge in [0.25, 0.3) is 0 Å². The van der Waals surface area contributed by atoms with E-state index in [2.05, 4.69) is 4.90 Å². The lowest BCUT2D eigenvalue weighted by atomic mass is 10.2. The van der Waals surface area contributed by atoms with Crippen LogP contribution in [0.1, 0.15) is 12.8 Å². The highest BCUT2D eigenvalue weighted by molar-refractivity contribution is 7.90. The number of nitrogens with zero attached hydrogens (tertiary/aromatic N) is 2. The summed E-state index contributed by atoms with van der Waals surface area (Å²) >= 11 is 5.37. The van der Waals surface area contributed by atoms with Gasteiger partial charge in [0.05, 0.1) is 0 Å². The van der Waals surface area contributed by atoms with Crippen LogP contribution in [0.15, 0.2) is 0 Å². The normalized spacial score (nSPS) is 24.7. The lowest BCUT2D eigenvalue weighted by Gasteiger charge is -2.24. The van der Waals surface area contributed by atoms with E-state index in [-0.39, 0.29) is 5.21 Å². The number of rotatable bonds is 4. The van der Waals surface area contributed by atoms with Crippen LogP contribution in [0.25, 0.3) is 0 Å². The van der Waals surface area contributed by atoms with Crippen LogP contribution < -0.4 is 0 Å². The van der Waals surface area contributed by atoms with E-state index in [9.17, 15) is 8.42 Å². The van der Waals surface area contributed by atoms with Gasteiger partial charge in [0.15, 0.2) is 0 Å². The molecule has 4 nitrogen and oxygen atoms in total. The van der Waals surface area contributed by atoms with Crippen molar-refractivity contribution in [3.63, 3.8) is 0 Å². The number of sulfonamides is 1. The molecule has 0 spiro atoms. The predicted octanol–water partition coefficient (Wildman–Crippen LogP) is 0.538. The predicted molar refractivity (Wildman–Crippen MR) is 57.9 cm³/mol. The molecule has 0 aromatic rings. The molecule has 1 fully saturated rings. The molecule has 1 aliphatic rings. The summed E-state index contributed by atoms with van der Waals surface area (Å²) < 4.78 is 24.1. The van der Waals surface area contributed by atoms with Crippen LogP contribution in [0, 0.1) is 0 Å². The molecular formula is C8H17ClN2O2S. The molecule has 1 rings (SSSR count). The summed E-state index contributed by atoms with van der Waals surface area (Å²) in [6.45, 7) is 1.60. The van der Waals surface area contributed by atoms with Crippen LogP contribution in [0.4, 0.5) is 0 Å². The smallest absolute Gasteiger partial charge is 0.227 e. The van der Waals surface area contributed by atoms with Gasteiger partial charge in [-0.1, -0.05) is 0 Å². The van der Waals surface area contributed by atoms with E-state index in [1.807, 2.05) is 7.05 Å². The van der Waals surface area contributed by atoms with Gasteiger partial charge in [0.1, 0.15) is 5.21 Å². The van der Waals surface area contributed by atoms with Crippen LogP contribution in [-0.2, 0) is 10.0 Å². The third-order valence-corrected chi connectivity index (χ3v) is 4.95. The van der Waals surface area contributed by atoms with Gasteiger partial charge in [0.2, 0.25) is 10.0 Å². The first kappa shape index (κ1) is 12.2. The van der Waals surface area contributed by atoms with E-state index < -0.39 is 10.0 Å². The Kier molecular flexibility index (Phi) is 4.18. The summed E-state index contributed by atoms with van der Waals surface area (Å²) in [5.74, 6) is 0. The summed E-state index contributed by atoms with van der Waals surface area (Å²) in [4.78, 5) is 2.19. The average molecular weight is 241 g/mol. The first-order chi connectivity index (χ1) is 6.47. The fourth-order valence-electron chi connectivity index (χ4n) is 1.70. The van der Waals surface area contributed by atoms with Crippen molar-refractivity contribution in [1.82, 2.24) is 9.21 Å². The van der Waals surface area contributed by atoms with Crippen LogP contribution >= 0.6 is 11.6 Å². The molecule has 1 unspecified atom stereocenters. The van der Waals surface area contributed by atoms with Crippen molar-refractivity contribution in [2.24, 2.45) is 0 Å². The maximum absolute atomic E-state index is 11.4. The fourth-order valence-corrected chi connectivity index (χ4v) is 2.77. The topological polar surface area (TPSA) is 40.6 Å². The molecule has 0 bridgehead atoms. The highest BCUT2D eigenvalue weighted by Gasteiger charge is 2.26. The number of likely N-dealkylation sites (N-methyl/N-ethyl adjacent to an activating group) is 2. The first-order valence-electron chi connectivity index (χ1n) is 4.67. The fraction of sp³-hybridized carbons (Fsp3) is 1.00. The lowest BCUT2D eigenvalue weighted by molar-refractivity contribution is 0.271. The molecule has 1 heterocycles. The number of hydrogen-bond donors (Lipinski definition) is 0. The van der Waals surface area contributed by atoms with Gasteiger partial charge in [-0.05, 0) is 26.4 Å². The molecule has 14 heavy (non-hydrogen) atoms. The van der Waals surface area contributed by atoms with E-state index in [0.29, 0.717) is 12.6 Å². The van der Waals surface area contributed by atoms with Crippen molar-refractivity contribution in [3.05, 3.63) is 0 Å². The Bertz CT molecular complexity index is 281. The molecule has 1 atom stereocenters.